The maximum absolute atomic E-state index is 12.4. The highest BCUT2D eigenvalue weighted by Crippen LogP contribution is 2.13. The number of nitrogens with zero attached hydrogens (tertiary/aromatic N) is 4. The molecule has 1 aliphatic rings. The van der Waals surface area contributed by atoms with Gasteiger partial charge in [0.2, 0.25) is 10.0 Å². The third-order valence-corrected chi connectivity index (χ3v) is 6.91. The zero-order chi connectivity index (χ0) is 18.3. The smallest absolute Gasteiger partial charge is 0.215 e. The second-order valence-electron chi connectivity index (χ2n) is 6.03. The lowest BCUT2D eigenvalue weighted by atomic mass is 10.4. The Bertz CT molecular complexity index is 666. The van der Waals surface area contributed by atoms with Crippen molar-refractivity contribution in [3.8, 4) is 0 Å². The molecule has 2 rings (SSSR count). The summed E-state index contributed by atoms with van der Waals surface area (Å²) in [5, 5.41) is 3.23. The molecule has 0 saturated carbocycles. The zero-order valence-corrected chi connectivity index (χ0v) is 16.9. The van der Waals surface area contributed by atoms with Crippen molar-refractivity contribution in [1.29, 1.82) is 0 Å². The average Bonchev–Trinajstić information content (AvgIpc) is 2.99. The average molecular weight is 388 g/mol. The van der Waals surface area contributed by atoms with Crippen LogP contribution in [0, 0.1) is 0 Å². The first-order valence-electron chi connectivity index (χ1n) is 8.59. The highest BCUT2D eigenvalue weighted by atomic mass is 32.2. The van der Waals surface area contributed by atoms with E-state index in [0.717, 1.165) is 24.0 Å². The number of nitrogens with one attached hydrogen (secondary N) is 1. The Hall–Kier alpha value is -1.19. The van der Waals surface area contributed by atoms with Gasteiger partial charge in [-0.2, -0.15) is 11.8 Å². The molecule has 25 heavy (non-hydrogen) atoms. The van der Waals surface area contributed by atoms with Crippen molar-refractivity contribution < 1.29 is 8.42 Å². The highest BCUT2D eigenvalue weighted by molar-refractivity contribution is 7.99. The summed E-state index contributed by atoms with van der Waals surface area (Å²) in [4.78, 5) is 6.53. The van der Waals surface area contributed by atoms with Crippen molar-refractivity contribution in [3.63, 3.8) is 0 Å². The molecule has 1 N–H and O–H groups in total. The Morgan fingerprint density at radius 2 is 2.12 bits per heavy atom. The van der Waals surface area contributed by atoms with Crippen LogP contribution in [0.4, 0.5) is 0 Å². The molecule has 9 heteroatoms. The second kappa shape index (κ2) is 9.49. The van der Waals surface area contributed by atoms with Crippen LogP contribution in [0.25, 0.3) is 0 Å². The number of aliphatic imine (C=N–C) groups is 1. The van der Waals surface area contributed by atoms with Crippen molar-refractivity contribution in [3.05, 3.63) is 24.0 Å². The fourth-order valence-electron chi connectivity index (χ4n) is 2.67. The second-order valence-corrected chi connectivity index (χ2v) is 9.34. The highest BCUT2D eigenvalue weighted by Gasteiger charge is 2.23. The van der Waals surface area contributed by atoms with Gasteiger partial charge < -0.3 is 14.8 Å². The zero-order valence-electron chi connectivity index (χ0n) is 15.3. The topological polar surface area (TPSA) is 69.9 Å². The van der Waals surface area contributed by atoms with Gasteiger partial charge in [0.25, 0.3) is 0 Å². The Labute approximate surface area is 155 Å². The van der Waals surface area contributed by atoms with Gasteiger partial charge >= 0.3 is 0 Å². The van der Waals surface area contributed by atoms with E-state index in [1.54, 1.807) is 16.1 Å². The third-order valence-electron chi connectivity index (χ3n) is 4.12. The van der Waals surface area contributed by atoms with Gasteiger partial charge in [-0.25, -0.2) is 12.7 Å². The molecule has 0 unspecified atom stereocenters. The van der Waals surface area contributed by atoms with E-state index in [1.807, 2.05) is 38.2 Å². The standard InChI is InChI=1S/C16H29N5O2S2/c1-4-17-16(20(3)14-15-6-5-8-19(15)2)18-7-13-25(22,23)21-9-11-24-12-10-21/h5-6,8H,4,7,9-14H2,1-3H3,(H,17,18). The molecular formula is C16H29N5O2S2. The summed E-state index contributed by atoms with van der Waals surface area (Å²) in [5.74, 6) is 2.55. The van der Waals surface area contributed by atoms with Gasteiger partial charge in [0, 0.05) is 57.1 Å². The monoisotopic (exact) mass is 387 g/mol. The van der Waals surface area contributed by atoms with Gasteiger partial charge in [-0.15, -0.1) is 0 Å². The van der Waals surface area contributed by atoms with E-state index in [9.17, 15) is 8.42 Å². The molecule has 2 heterocycles. The van der Waals surface area contributed by atoms with Crippen molar-refractivity contribution in [2.45, 2.75) is 13.5 Å². The number of sulfonamides is 1. The fraction of sp³-hybridized carbons (Fsp3) is 0.688. The maximum Gasteiger partial charge on any atom is 0.215 e. The number of rotatable bonds is 7. The molecule has 0 amide bonds. The first kappa shape index (κ1) is 20.1. The van der Waals surface area contributed by atoms with E-state index < -0.39 is 10.0 Å². The van der Waals surface area contributed by atoms with E-state index in [2.05, 4.69) is 20.9 Å². The SMILES string of the molecule is CCNC(=NCCS(=O)(=O)N1CCSCC1)N(C)Cc1cccn1C. The van der Waals surface area contributed by atoms with Gasteiger partial charge in [-0.05, 0) is 19.1 Å². The largest absolute Gasteiger partial charge is 0.357 e. The van der Waals surface area contributed by atoms with Crippen LogP contribution in [0.5, 0.6) is 0 Å². The minimum absolute atomic E-state index is 0.0601. The first-order valence-corrected chi connectivity index (χ1v) is 11.4. The van der Waals surface area contributed by atoms with Crippen molar-refractivity contribution >= 4 is 27.7 Å². The lowest BCUT2D eigenvalue weighted by Gasteiger charge is -2.25. The number of aromatic nitrogens is 1. The van der Waals surface area contributed by atoms with Gasteiger partial charge in [0.05, 0.1) is 18.8 Å². The van der Waals surface area contributed by atoms with Gasteiger partial charge in [0.1, 0.15) is 0 Å². The summed E-state index contributed by atoms with van der Waals surface area (Å²) in [7, 11) is 0.760. The Balaban J connectivity index is 1.95. The molecule has 1 aromatic rings. The molecule has 0 atom stereocenters. The number of thioether (sulfide) groups is 1. The molecular weight excluding hydrogens is 358 g/mol. The Morgan fingerprint density at radius 1 is 1.40 bits per heavy atom. The number of hydrogen-bond acceptors (Lipinski definition) is 4. The molecule has 0 aromatic carbocycles. The summed E-state index contributed by atoms with van der Waals surface area (Å²) in [6.45, 7) is 4.96. The summed E-state index contributed by atoms with van der Waals surface area (Å²) >= 11 is 1.80. The minimum atomic E-state index is -3.21. The van der Waals surface area contributed by atoms with Crippen molar-refractivity contribution in [1.82, 2.24) is 19.1 Å². The van der Waals surface area contributed by atoms with Crippen LogP contribution >= 0.6 is 11.8 Å². The van der Waals surface area contributed by atoms with Crippen LogP contribution in [0.1, 0.15) is 12.6 Å². The molecule has 7 nitrogen and oxygen atoms in total. The van der Waals surface area contributed by atoms with Crippen LogP contribution in [0.15, 0.2) is 23.3 Å². The van der Waals surface area contributed by atoms with E-state index in [0.29, 0.717) is 19.6 Å². The van der Waals surface area contributed by atoms with E-state index in [1.165, 1.54) is 5.69 Å². The quantitative estimate of drug-likeness (QED) is 0.554. The number of aryl methyl sites for hydroxylation is 1. The van der Waals surface area contributed by atoms with Crippen LogP contribution in [0.2, 0.25) is 0 Å². The lowest BCUT2D eigenvalue weighted by molar-refractivity contribution is 0.443. The van der Waals surface area contributed by atoms with Crippen molar-refractivity contribution in [2.24, 2.45) is 12.0 Å². The van der Waals surface area contributed by atoms with Crippen molar-refractivity contribution in [2.75, 3.05) is 50.5 Å². The van der Waals surface area contributed by atoms with E-state index in [4.69, 9.17) is 0 Å². The lowest BCUT2D eigenvalue weighted by Crippen LogP contribution is -2.41. The number of hydrogen-bond donors (Lipinski definition) is 1. The van der Waals surface area contributed by atoms with Crippen LogP contribution in [0.3, 0.4) is 0 Å². The van der Waals surface area contributed by atoms with Crippen LogP contribution < -0.4 is 5.32 Å². The van der Waals surface area contributed by atoms with Gasteiger partial charge in [0.15, 0.2) is 5.96 Å². The van der Waals surface area contributed by atoms with E-state index in [-0.39, 0.29) is 12.3 Å². The summed E-state index contributed by atoms with van der Waals surface area (Å²) in [6, 6.07) is 4.08. The Kier molecular flexibility index (Phi) is 7.64. The summed E-state index contributed by atoms with van der Waals surface area (Å²) in [5.41, 5.74) is 1.17. The summed E-state index contributed by atoms with van der Waals surface area (Å²) < 4.78 is 28.5. The van der Waals surface area contributed by atoms with Crippen LogP contribution in [-0.4, -0.2) is 78.6 Å². The molecule has 0 spiro atoms. The minimum Gasteiger partial charge on any atom is -0.357 e. The molecule has 1 fully saturated rings. The van der Waals surface area contributed by atoms with Gasteiger partial charge in [-0.1, -0.05) is 0 Å². The fourth-order valence-corrected chi connectivity index (χ4v) is 5.12. The first-order chi connectivity index (χ1) is 11.9. The molecule has 0 bridgehead atoms. The predicted octanol–water partition coefficient (Wildman–Crippen LogP) is 0.801. The summed E-state index contributed by atoms with van der Waals surface area (Å²) in [6.07, 6.45) is 2.01. The third kappa shape index (κ3) is 5.93. The predicted molar refractivity (Wildman–Crippen MR) is 106 cm³/mol. The normalized spacial score (nSPS) is 16.8. The maximum atomic E-state index is 12.4. The molecule has 1 aromatic heterocycles. The van der Waals surface area contributed by atoms with Gasteiger partial charge in [-0.3, -0.25) is 4.99 Å². The van der Waals surface area contributed by atoms with E-state index >= 15 is 0 Å². The molecule has 1 saturated heterocycles. The molecule has 0 aliphatic carbocycles. The molecule has 0 radical (unpaired) electrons. The Morgan fingerprint density at radius 3 is 2.72 bits per heavy atom. The number of guanidine groups is 1. The molecule has 1 aliphatic heterocycles. The van der Waals surface area contributed by atoms with Crippen LogP contribution in [-0.2, 0) is 23.6 Å². The molecule has 142 valence electrons.